The number of ether oxygens (including phenoxy) is 6. The zero-order valence-electron chi connectivity index (χ0n) is 17.8. The van der Waals surface area contributed by atoms with E-state index >= 15 is 0 Å². The lowest BCUT2D eigenvalue weighted by Crippen LogP contribution is -2.62. The highest BCUT2D eigenvalue weighted by atomic mass is 33.1. The first kappa shape index (κ1) is 26.5. The molecule has 0 N–H and O–H groups in total. The third kappa shape index (κ3) is 7.97. The van der Waals surface area contributed by atoms with Crippen LogP contribution in [0.5, 0.6) is 0 Å². The van der Waals surface area contributed by atoms with Crippen molar-refractivity contribution in [3.63, 3.8) is 0 Å². The molecule has 12 heteroatoms. The molecule has 0 aliphatic carbocycles. The molecule has 0 amide bonds. The van der Waals surface area contributed by atoms with Gasteiger partial charge in [-0.1, -0.05) is 28.5 Å². The summed E-state index contributed by atoms with van der Waals surface area (Å²) in [5.41, 5.74) is 0. The first-order valence-electron chi connectivity index (χ1n) is 9.20. The van der Waals surface area contributed by atoms with Crippen LogP contribution in [0.3, 0.4) is 0 Å². The van der Waals surface area contributed by atoms with Gasteiger partial charge in [-0.15, -0.1) is 0 Å². The van der Waals surface area contributed by atoms with Gasteiger partial charge in [0, 0.05) is 33.6 Å². The van der Waals surface area contributed by atoms with Crippen LogP contribution in [-0.2, 0) is 47.6 Å². The maximum atomic E-state index is 11.8. The van der Waals surface area contributed by atoms with E-state index in [-0.39, 0.29) is 17.0 Å². The van der Waals surface area contributed by atoms with Crippen molar-refractivity contribution in [2.75, 3.05) is 20.0 Å². The van der Waals surface area contributed by atoms with Crippen LogP contribution >= 0.6 is 21.6 Å². The smallest absolute Gasteiger partial charge is 0.319 e. The lowest BCUT2D eigenvalue weighted by Gasteiger charge is -2.43. The fraction of sp³-hybridized carbons (Fsp3) is 0.778. The zero-order valence-corrected chi connectivity index (χ0v) is 19.4. The normalized spacial score (nSPS) is 26.9. The molecule has 0 aromatic carbocycles. The SMILES string of the molecule is CCC(SSC[C@H]1O[C@@H](OC)[C@H](OC(C)=O)[C@@H](OC(C)=O)[C@H]1OC(C)=O)C(=O)OC. The minimum Gasteiger partial charge on any atom is -0.468 e. The zero-order chi connectivity index (χ0) is 22.8. The van der Waals surface area contributed by atoms with E-state index in [0.29, 0.717) is 6.42 Å². The summed E-state index contributed by atoms with van der Waals surface area (Å²) >= 11 is 0. The molecule has 1 aliphatic heterocycles. The average molecular weight is 469 g/mol. The summed E-state index contributed by atoms with van der Waals surface area (Å²) in [5, 5.41) is -0.382. The molecule has 0 spiro atoms. The van der Waals surface area contributed by atoms with Gasteiger partial charge >= 0.3 is 23.9 Å². The second kappa shape index (κ2) is 13.0. The van der Waals surface area contributed by atoms with Crippen molar-refractivity contribution < 1.29 is 47.6 Å². The highest BCUT2D eigenvalue weighted by Gasteiger charge is 2.52. The van der Waals surface area contributed by atoms with E-state index < -0.39 is 48.6 Å². The summed E-state index contributed by atoms with van der Waals surface area (Å²) in [7, 11) is 5.27. The summed E-state index contributed by atoms with van der Waals surface area (Å²) < 4.78 is 31.9. The Morgan fingerprint density at radius 1 is 0.900 bits per heavy atom. The maximum absolute atomic E-state index is 11.8. The molecule has 0 radical (unpaired) electrons. The van der Waals surface area contributed by atoms with Crippen LogP contribution in [0.15, 0.2) is 0 Å². The standard InChI is InChI=1S/C18H28O10S2/c1-7-13(17(22)23-5)30-29-8-12-14(25-9(2)19)15(26-10(3)20)16(27-11(4)21)18(24-6)28-12/h12-16,18H,7-8H2,1-6H3/t12-,13?,14+,15+,16-,18-/m1/s1. The Morgan fingerprint density at radius 2 is 1.43 bits per heavy atom. The first-order chi connectivity index (χ1) is 14.1. The minimum absolute atomic E-state index is 0.264. The van der Waals surface area contributed by atoms with Crippen molar-refractivity contribution in [1.82, 2.24) is 0 Å². The van der Waals surface area contributed by atoms with E-state index in [1.807, 2.05) is 6.92 Å². The number of methoxy groups -OCH3 is 2. The van der Waals surface area contributed by atoms with Gasteiger partial charge in [-0.05, 0) is 6.42 Å². The topological polar surface area (TPSA) is 124 Å². The van der Waals surface area contributed by atoms with Gasteiger partial charge in [0.2, 0.25) is 0 Å². The van der Waals surface area contributed by atoms with E-state index in [0.717, 1.165) is 0 Å². The maximum Gasteiger partial charge on any atom is 0.319 e. The molecule has 1 rings (SSSR count). The van der Waals surface area contributed by atoms with Crippen LogP contribution < -0.4 is 0 Å². The van der Waals surface area contributed by atoms with Gasteiger partial charge in [-0.3, -0.25) is 19.2 Å². The molecule has 0 aromatic rings. The largest absolute Gasteiger partial charge is 0.468 e. The third-order valence-electron chi connectivity index (χ3n) is 3.98. The fourth-order valence-corrected chi connectivity index (χ4v) is 5.50. The Labute approximate surface area is 183 Å². The van der Waals surface area contributed by atoms with E-state index in [9.17, 15) is 19.2 Å². The van der Waals surface area contributed by atoms with E-state index in [1.165, 1.54) is 56.6 Å². The molecular formula is C18H28O10S2. The second-order valence-corrected chi connectivity index (χ2v) is 8.92. The van der Waals surface area contributed by atoms with Gasteiger partial charge in [0.05, 0.1) is 7.11 Å². The third-order valence-corrected chi connectivity index (χ3v) is 6.85. The lowest BCUT2D eigenvalue weighted by molar-refractivity contribution is -0.293. The Bertz CT molecular complexity index is 614. The Morgan fingerprint density at radius 3 is 1.90 bits per heavy atom. The van der Waals surface area contributed by atoms with Crippen molar-refractivity contribution in [2.24, 2.45) is 0 Å². The molecule has 0 aromatic heterocycles. The summed E-state index contributed by atoms with van der Waals surface area (Å²) in [6.45, 7) is 5.44. The predicted molar refractivity (Wildman–Crippen MR) is 108 cm³/mol. The van der Waals surface area contributed by atoms with Crippen LogP contribution in [0.1, 0.15) is 34.1 Å². The molecular weight excluding hydrogens is 440 g/mol. The molecule has 6 atom stereocenters. The van der Waals surface area contributed by atoms with Crippen LogP contribution in [0.4, 0.5) is 0 Å². The lowest BCUT2D eigenvalue weighted by atomic mass is 9.98. The van der Waals surface area contributed by atoms with Crippen molar-refractivity contribution in [2.45, 2.75) is 70.1 Å². The molecule has 0 saturated carbocycles. The number of carbonyl (C=O) groups excluding carboxylic acids is 4. The van der Waals surface area contributed by atoms with E-state index in [1.54, 1.807) is 0 Å². The fourth-order valence-electron chi connectivity index (χ4n) is 2.77. The van der Waals surface area contributed by atoms with Crippen LogP contribution in [0, 0.1) is 0 Å². The average Bonchev–Trinajstić information content (AvgIpc) is 2.67. The van der Waals surface area contributed by atoms with Crippen LogP contribution in [0.2, 0.25) is 0 Å². The summed E-state index contributed by atoms with van der Waals surface area (Å²) in [5.74, 6) is -2.00. The molecule has 1 unspecified atom stereocenters. The van der Waals surface area contributed by atoms with E-state index in [2.05, 4.69) is 0 Å². The molecule has 10 nitrogen and oxygen atoms in total. The number of esters is 4. The molecule has 1 fully saturated rings. The Hall–Kier alpha value is -1.50. The van der Waals surface area contributed by atoms with Gasteiger partial charge in [0.15, 0.2) is 24.6 Å². The van der Waals surface area contributed by atoms with Crippen LogP contribution in [0.25, 0.3) is 0 Å². The summed E-state index contributed by atoms with van der Waals surface area (Å²) in [4.78, 5) is 46.7. The molecule has 30 heavy (non-hydrogen) atoms. The summed E-state index contributed by atoms with van der Waals surface area (Å²) in [6, 6.07) is 0. The van der Waals surface area contributed by atoms with Gasteiger partial charge < -0.3 is 28.4 Å². The van der Waals surface area contributed by atoms with Crippen molar-refractivity contribution in [3.05, 3.63) is 0 Å². The highest BCUT2D eigenvalue weighted by Crippen LogP contribution is 2.35. The monoisotopic (exact) mass is 468 g/mol. The number of hydrogen-bond donors (Lipinski definition) is 0. The minimum atomic E-state index is -1.13. The quantitative estimate of drug-likeness (QED) is 0.262. The Balaban J connectivity index is 3.07. The predicted octanol–water partition coefficient (Wildman–Crippen LogP) is 1.49. The van der Waals surface area contributed by atoms with E-state index in [4.69, 9.17) is 28.4 Å². The molecule has 1 aliphatic rings. The Kier molecular flexibility index (Phi) is 11.5. The highest BCUT2D eigenvalue weighted by molar-refractivity contribution is 8.77. The second-order valence-electron chi connectivity index (χ2n) is 6.30. The number of carbonyl (C=O) groups is 4. The molecule has 0 bridgehead atoms. The van der Waals surface area contributed by atoms with Gasteiger partial charge in [0.25, 0.3) is 0 Å². The van der Waals surface area contributed by atoms with Gasteiger partial charge in [-0.2, -0.15) is 0 Å². The van der Waals surface area contributed by atoms with Gasteiger partial charge in [0.1, 0.15) is 11.4 Å². The molecule has 1 saturated heterocycles. The van der Waals surface area contributed by atoms with Crippen molar-refractivity contribution in [1.29, 1.82) is 0 Å². The number of hydrogen-bond acceptors (Lipinski definition) is 12. The molecule has 172 valence electrons. The number of rotatable bonds is 10. The van der Waals surface area contributed by atoms with Gasteiger partial charge in [-0.25, -0.2) is 0 Å². The van der Waals surface area contributed by atoms with Crippen molar-refractivity contribution in [3.8, 4) is 0 Å². The van der Waals surface area contributed by atoms with Crippen molar-refractivity contribution >= 4 is 45.5 Å². The summed E-state index contributed by atoms with van der Waals surface area (Å²) in [6.07, 6.45) is -4.56. The van der Waals surface area contributed by atoms with Crippen LogP contribution in [-0.4, -0.2) is 79.8 Å². The first-order valence-corrected chi connectivity index (χ1v) is 11.6. The molecule has 1 heterocycles.